The molecule has 0 bridgehead atoms. The predicted molar refractivity (Wildman–Crippen MR) is 238 cm³/mol. The molecule has 1 atom stereocenters. The number of esters is 3. The summed E-state index contributed by atoms with van der Waals surface area (Å²) in [5.74, 6) is -0.0218. The average Bonchev–Trinajstić information content (AvgIpc) is 3.18. The van der Waals surface area contributed by atoms with Gasteiger partial charge >= 0.3 is 17.9 Å². The second-order valence-corrected chi connectivity index (χ2v) is 17.6. The quantitative estimate of drug-likeness (QED) is 0.0347. The van der Waals surface area contributed by atoms with Crippen molar-refractivity contribution in [3.05, 3.63) is 0 Å². The molecule has 56 heavy (non-hydrogen) atoms. The second kappa shape index (κ2) is 44.5. The summed E-state index contributed by atoms with van der Waals surface area (Å²) in [4.78, 5) is 37.6. The van der Waals surface area contributed by atoms with Crippen LogP contribution in [0.1, 0.15) is 278 Å². The van der Waals surface area contributed by atoms with Gasteiger partial charge in [-0.15, -0.1) is 0 Å². The summed E-state index contributed by atoms with van der Waals surface area (Å²) in [6.07, 6.45) is 45.5. The molecule has 0 aromatic heterocycles. The molecule has 0 aromatic carbocycles. The Hall–Kier alpha value is -1.59. The third-order valence-electron chi connectivity index (χ3n) is 11.3. The van der Waals surface area contributed by atoms with Crippen molar-refractivity contribution >= 4 is 17.9 Å². The van der Waals surface area contributed by atoms with E-state index >= 15 is 0 Å². The molecule has 0 heterocycles. The van der Waals surface area contributed by atoms with Crippen molar-refractivity contribution < 1.29 is 28.6 Å². The third kappa shape index (κ3) is 43.5. The van der Waals surface area contributed by atoms with E-state index in [-0.39, 0.29) is 31.1 Å². The van der Waals surface area contributed by atoms with Gasteiger partial charge in [0.2, 0.25) is 0 Å². The van der Waals surface area contributed by atoms with E-state index in [9.17, 15) is 14.4 Å². The first kappa shape index (κ1) is 54.4. The average molecular weight is 793 g/mol. The highest BCUT2D eigenvalue weighted by atomic mass is 16.6. The molecular formula is C50H96O6. The zero-order valence-corrected chi connectivity index (χ0v) is 38.1. The number of carbonyl (C=O) groups is 3. The van der Waals surface area contributed by atoms with Crippen LogP contribution in [0.25, 0.3) is 0 Å². The van der Waals surface area contributed by atoms with E-state index < -0.39 is 6.10 Å². The van der Waals surface area contributed by atoms with E-state index in [4.69, 9.17) is 14.2 Å². The van der Waals surface area contributed by atoms with Crippen molar-refractivity contribution in [3.8, 4) is 0 Å². The molecule has 0 aliphatic rings. The molecule has 6 nitrogen and oxygen atoms in total. The normalized spacial score (nSPS) is 11.9. The molecule has 0 rings (SSSR count). The van der Waals surface area contributed by atoms with Gasteiger partial charge in [0.25, 0.3) is 0 Å². The zero-order chi connectivity index (χ0) is 41.0. The monoisotopic (exact) mass is 793 g/mol. The van der Waals surface area contributed by atoms with Gasteiger partial charge in [-0.2, -0.15) is 0 Å². The molecular weight excluding hydrogens is 697 g/mol. The van der Waals surface area contributed by atoms with E-state index in [1.54, 1.807) is 0 Å². The van der Waals surface area contributed by atoms with Gasteiger partial charge in [0.05, 0.1) is 0 Å². The SMILES string of the molecule is CCCCCCCCCCCCCCCCCCCC(=O)O[C@H](COC(=O)CCCCCCC)COC(=O)CCCCCCCCCCCCCCCC(C)C. The molecule has 0 aliphatic carbocycles. The Bertz CT molecular complexity index is 841. The van der Waals surface area contributed by atoms with Crippen LogP contribution in [0.3, 0.4) is 0 Å². The maximum Gasteiger partial charge on any atom is 0.306 e. The Kier molecular flexibility index (Phi) is 43.2. The molecule has 0 amide bonds. The maximum atomic E-state index is 12.7. The largest absolute Gasteiger partial charge is 0.462 e. The standard InChI is InChI=1S/C50H96O6/c1-5-7-9-11-12-13-14-15-16-17-18-21-25-28-31-35-39-43-50(53)56-47(44-54-48(51)41-37-32-10-8-6-2)45-55-49(52)42-38-34-30-27-24-22-19-20-23-26-29-33-36-40-46(3)4/h46-47H,5-45H2,1-4H3/t47-/m1/s1. The lowest BCUT2D eigenvalue weighted by atomic mass is 10.0. The topological polar surface area (TPSA) is 78.9 Å². The minimum Gasteiger partial charge on any atom is -0.462 e. The first-order valence-corrected chi connectivity index (χ1v) is 24.9. The van der Waals surface area contributed by atoms with Crippen LogP contribution >= 0.6 is 0 Å². The molecule has 6 heteroatoms. The van der Waals surface area contributed by atoms with Crippen molar-refractivity contribution in [2.45, 2.75) is 284 Å². The van der Waals surface area contributed by atoms with Crippen LogP contribution in [0.4, 0.5) is 0 Å². The van der Waals surface area contributed by atoms with Gasteiger partial charge in [-0.1, -0.05) is 240 Å². The third-order valence-corrected chi connectivity index (χ3v) is 11.3. The highest BCUT2D eigenvalue weighted by molar-refractivity contribution is 5.71. The number of ether oxygens (including phenoxy) is 3. The van der Waals surface area contributed by atoms with Crippen molar-refractivity contribution in [2.24, 2.45) is 5.92 Å². The minimum absolute atomic E-state index is 0.0641. The summed E-state index contributed by atoms with van der Waals surface area (Å²) in [5, 5.41) is 0. The summed E-state index contributed by atoms with van der Waals surface area (Å²) in [7, 11) is 0. The highest BCUT2D eigenvalue weighted by Crippen LogP contribution is 2.17. The molecule has 0 saturated heterocycles. The Morgan fingerprint density at radius 3 is 0.875 bits per heavy atom. The van der Waals surface area contributed by atoms with Crippen LogP contribution in [0.5, 0.6) is 0 Å². The van der Waals surface area contributed by atoms with Crippen molar-refractivity contribution in [1.29, 1.82) is 0 Å². The lowest BCUT2D eigenvalue weighted by molar-refractivity contribution is -0.167. The molecule has 0 aliphatic heterocycles. The number of rotatable bonds is 45. The van der Waals surface area contributed by atoms with Gasteiger partial charge in [0.1, 0.15) is 13.2 Å². The van der Waals surface area contributed by atoms with Gasteiger partial charge < -0.3 is 14.2 Å². The Balaban J connectivity index is 4.12. The Morgan fingerprint density at radius 2 is 0.589 bits per heavy atom. The van der Waals surface area contributed by atoms with E-state index in [1.807, 2.05) is 0 Å². The molecule has 332 valence electrons. The van der Waals surface area contributed by atoms with Crippen molar-refractivity contribution in [2.75, 3.05) is 13.2 Å². The molecule has 0 unspecified atom stereocenters. The molecule has 0 aromatic rings. The Morgan fingerprint density at radius 1 is 0.339 bits per heavy atom. The van der Waals surface area contributed by atoms with Crippen LogP contribution in [-0.2, 0) is 28.6 Å². The van der Waals surface area contributed by atoms with E-state index in [0.29, 0.717) is 19.3 Å². The molecule has 0 N–H and O–H groups in total. The smallest absolute Gasteiger partial charge is 0.306 e. The highest BCUT2D eigenvalue weighted by Gasteiger charge is 2.19. The lowest BCUT2D eigenvalue weighted by Crippen LogP contribution is -2.30. The van der Waals surface area contributed by atoms with Gasteiger partial charge in [0.15, 0.2) is 6.10 Å². The predicted octanol–water partition coefficient (Wildman–Crippen LogP) is 15.9. The summed E-state index contributed by atoms with van der Waals surface area (Å²) in [5.41, 5.74) is 0. The fraction of sp³-hybridized carbons (Fsp3) is 0.940. The van der Waals surface area contributed by atoms with Gasteiger partial charge in [-0.3, -0.25) is 14.4 Å². The minimum atomic E-state index is -0.758. The van der Waals surface area contributed by atoms with Crippen LogP contribution in [0, 0.1) is 5.92 Å². The van der Waals surface area contributed by atoms with Crippen LogP contribution < -0.4 is 0 Å². The number of hydrogen-bond donors (Lipinski definition) is 0. The van der Waals surface area contributed by atoms with E-state index in [0.717, 1.165) is 70.1 Å². The van der Waals surface area contributed by atoms with Crippen LogP contribution in [-0.4, -0.2) is 37.2 Å². The maximum absolute atomic E-state index is 12.7. The van der Waals surface area contributed by atoms with Crippen molar-refractivity contribution in [3.63, 3.8) is 0 Å². The Labute approximate surface area is 348 Å². The van der Waals surface area contributed by atoms with Crippen LogP contribution in [0.2, 0.25) is 0 Å². The van der Waals surface area contributed by atoms with Gasteiger partial charge in [-0.05, 0) is 25.2 Å². The first-order chi connectivity index (χ1) is 27.4. The molecule has 0 fully saturated rings. The number of unbranched alkanes of at least 4 members (excludes halogenated alkanes) is 32. The molecule has 0 radical (unpaired) electrons. The van der Waals surface area contributed by atoms with Gasteiger partial charge in [-0.25, -0.2) is 0 Å². The number of hydrogen-bond acceptors (Lipinski definition) is 6. The fourth-order valence-corrected chi connectivity index (χ4v) is 7.51. The van der Waals surface area contributed by atoms with E-state index in [2.05, 4.69) is 27.7 Å². The lowest BCUT2D eigenvalue weighted by Gasteiger charge is -2.18. The number of carbonyl (C=O) groups excluding carboxylic acids is 3. The summed E-state index contributed by atoms with van der Waals surface area (Å²) < 4.78 is 16.7. The summed E-state index contributed by atoms with van der Waals surface area (Å²) in [6.45, 7) is 8.95. The van der Waals surface area contributed by atoms with E-state index in [1.165, 1.54) is 167 Å². The van der Waals surface area contributed by atoms with Crippen molar-refractivity contribution in [1.82, 2.24) is 0 Å². The van der Waals surface area contributed by atoms with Gasteiger partial charge in [0, 0.05) is 19.3 Å². The second-order valence-electron chi connectivity index (χ2n) is 17.6. The molecule has 0 saturated carbocycles. The summed E-state index contributed by atoms with van der Waals surface area (Å²) in [6, 6.07) is 0. The zero-order valence-electron chi connectivity index (χ0n) is 38.1. The first-order valence-electron chi connectivity index (χ1n) is 24.9. The fourth-order valence-electron chi connectivity index (χ4n) is 7.51. The van der Waals surface area contributed by atoms with Crippen LogP contribution in [0.15, 0.2) is 0 Å². The molecule has 0 spiro atoms. The summed E-state index contributed by atoms with van der Waals surface area (Å²) >= 11 is 0.